The minimum Gasteiger partial charge on any atom is -0.493 e. The van der Waals surface area contributed by atoms with Gasteiger partial charge in [-0.3, -0.25) is 4.79 Å². The van der Waals surface area contributed by atoms with Crippen LogP contribution in [0.1, 0.15) is 29.5 Å². The average Bonchev–Trinajstić information content (AvgIpc) is 2.85. The van der Waals surface area contributed by atoms with Crippen LogP contribution in [0.4, 0.5) is 18.9 Å². The summed E-state index contributed by atoms with van der Waals surface area (Å²) in [6, 6.07) is 10.4. The van der Waals surface area contributed by atoms with Gasteiger partial charge in [0, 0.05) is 23.9 Å². The molecule has 0 aromatic heterocycles. The smallest absolute Gasteiger partial charge is 0.416 e. The van der Waals surface area contributed by atoms with Crippen LogP contribution in [-0.4, -0.2) is 24.2 Å². The third-order valence-corrected chi connectivity index (χ3v) is 4.43. The SMILES string of the molecule is O=C(/C=C1\CCCOc2cc(C(F)(F)F)ccc21)Nc1ccc(CCO)cc1. The summed E-state index contributed by atoms with van der Waals surface area (Å²) in [5.41, 5.74) is 1.91. The Balaban J connectivity index is 1.80. The highest BCUT2D eigenvalue weighted by Crippen LogP contribution is 2.38. The summed E-state index contributed by atoms with van der Waals surface area (Å²) < 4.78 is 44.3. The Hall–Kier alpha value is -2.80. The fraction of sp³-hybridized carbons (Fsp3) is 0.286. The molecule has 1 heterocycles. The molecule has 0 aliphatic carbocycles. The number of anilines is 1. The molecule has 7 heteroatoms. The van der Waals surface area contributed by atoms with Crippen LogP contribution in [0.3, 0.4) is 0 Å². The van der Waals surface area contributed by atoms with Crippen molar-refractivity contribution in [2.45, 2.75) is 25.4 Å². The van der Waals surface area contributed by atoms with E-state index in [0.29, 0.717) is 42.7 Å². The van der Waals surface area contributed by atoms with Gasteiger partial charge in [0.05, 0.1) is 12.2 Å². The summed E-state index contributed by atoms with van der Waals surface area (Å²) >= 11 is 0. The monoisotopic (exact) mass is 391 g/mol. The van der Waals surface area contributed by atoms with Gasteiger partial charge in [0.1, 0.15) is 5.75 Å². The van der Waals surface area contributed by atoms with Gasteiger partial charge in [-0.25, -0.2) is 0 Å². The van der Waals surface area contributed by atoms with E-state index in [1.54, 1.807) is 12.1 Å². The van der Waals surface area contributed by atoms with Gasteiger partial charge < -0.3 is 15.2 Å². The summed E-state index contributed by atoms with van der Waals surface area (Å²) in [4.78, 5) is 12.4. The van der Waals surface area contributed by atoms with Gasteiger partial charge in [-0.2, -0.15) is 13.2 Å². The van der Waals surface area contributed by atoms with E-state index in [1.165, 1.54) is 12.1 Å². The maximum absolute atomic E-state index is 12.9. The molecule has 0 saturated carbocycles. The van der Waals surface area contributed by atoms with Crippen LogP contribution in [0.5, 0.6) is 5.75 Å². The molecule has 2 aromatic carbocycles. The summed E-state index contributed by atoms with van der Waals surface area (Å²) in [6.45, 7) is 0.342. The number of carbonyl (C=O) groups is 1. The molecule has 0 spiro atoms. The second-order valence-electron chi connectivity index (χ2n) is 6.49. The number of aliphatic hydroxyl groups excluding tert-OH is 1. The molecule has 3 rings (SSSR count). The lowest BCUT2D eigenvalue weighted by Crippen LogP contribution is -2.09. The number of aliphatic hydroxyl groups is 1. The van der Waals surface area contributed by atoms with Crippen molar-refractivity contribution < 1.29 is 27.8 Å². The van der Waals surface area contributed by atoms with Crippen LogP contribution >= 0.6 is 0 Å². The summed E-state index contributed by atoms with van der Waals surface area (Å²) in [5, 5.41) is 11.7. The second kappa shape index (κ2) is 8.48. The van der Waals surface area contributed by atoms with Crippen LogP contribution in [0.15, 0.2) is 48.5 Å². The fourth-order valence-electron chi connectivity index (χ4n) is 3.03. The maximum atomic E-state index is 12.9. The standard InChI is InChI=1S/C21H20F3NO3/c22-21(23,24)16-5-8-18-15(2-1-11-28-19(18)13-16)12-20(27)25-17-6-3-14(4-7-17)9-10-26/h3-8,12-13,26H,1-2,9-11H2,(H,25,27)/b15-12+. The third kappa shape index (κ3) is 4.92. The molecule has 4 nitrogen and oxygen atoms in total. The zero-order valence-corrected chi connectivity index (χ0v) is 15.1. The lowest BCUT2D eigenvalue weighted by Gasteiger charge is -2.13. The Bertz CT molecular complexity index is 873. The predicted molar refractivity (Wildman–Crippen MR) is 100 cm³/mol. The Labute approximate surface area is 160 Å². The van der Waals surface area contributed by atoms with Crippen molar-refractivity contribution in [2.24, 2.45) is 0 Å². The molecule has 2 N–H and O–H groups in total. The molecular weight excluding hydrogens is 371 g/mol. The number of nitrogens with one attached hydrogen (secondary N) is 1. The topological polar surface area (TPSA) is 58.6 Å². The van der Waals surface area contributed by atoms with Crippen molar-refractivity contribution in [3.8, 4) is 5.75 Å². The lowest BCUT2D eigenvalue weighted by atomic mass is 9.99. The molecule has 0 fully saturated rings. The quantitative estimate of drug-likeness (QED) is 0.758. The average molecular weight is 391 g/mol. The minimum atomic E-state index is -4.45. The van der Waals surface area contributed by atoms with Crippen molar-refractivity contribution in [2.75, 3.05) is 18.5 Å². The first kappa shape index (κ1) is 19.9. The normalized spacial score (nSPS) is 15.5. The third-order valence-electron chi connectivity index (χ3n) is 4.43. The first-order valence-corrected chi connectivity index (χ1v) is 8.92. The molecule has 148 valence electrons. The number of amides is 1. The van der Waals surface area contributed by atoms with E-state index >= 15 is 0 Å². The fourth-order valence-corrected chi connectivity index (χ4v) is 3.03. The van der Waals surface area contributed by atoms with E-state index in [-0.39, 0.29) is 18.3 Å². The Morgan fingerprint density at radius 2 is 1.93 bits per heavy atom. The number of hydrogen-bond acceptors (Lipinski definition) is 3. The molecule has 0 radical (unpaired) electrons. The molecule has 0 atom stereocenters. The largest absolute Gasteiger partial charge is 0.493 e. The molecule has 0 saturated heterocycles. The van der Waals surface area contributed by atoms with E-state index in [4.69, 9.17) is 9.84 Å². The van der Waals surface area contributed by atoms with Gasteiger partial charge in [-0.1, -0.05) is 18.2 Å². The second-order valence-corrected chi connectivity index (χ2v) is 6.49. The van der Waals surface area contributed by atoms with Crippen molar-refractivity contribution in [3.63, 3.8) is 0 Å². The highest BCUT2D eigenvalue weighted by molar-refractivity contribution is 6.04. The molecule has 1 aliphatic heterocycles. The zero-order valence-electron chi connectivity index (χ0n) is 15.1. The van der Waals surface area contributed by atoms with Crippen molar-refractivity contribution in [1.29, 1.82) is 0 Å². The number of benzene rings is 2. The van der Waals surface area contributed by atoms with Crippen molar-refractivity contribution in [3.05, 3.63) is 65.2 Å². The van der Waals surface area contributed by atoms with Crippen LogP contribution < -0.4 is 10.1 Å². The molecule has 2 aromatic rings. The van der Waals surface area contributed by atoms with Gasteiger partial charge in [-0.05, 0) is 54.7 Å². The van der Waals surface area contributed by atoms with E-state index < -0.39 is 11.7 Å². The number of halogens is 3. The molecule has 1 amide bonds. The first-order valence-electron chi connectivity index (χ1n) is 8.92. The molecular formula is C21H20F3NO3. The van der Waals surface area contributed by atoms with Crippen LogP contribution in [0, 0.1) is 0 Å². The van der Waals surface area contributed by atoms with E-state index in [1.807, 2.05) is 12.1 Å². The Morgan fingerprint density at radius 1 is 1.18 bits per heavy atom. The number of hydrogen-bond donors (Lipinski definition) is 2. The van der Waals surface area contributed by atoms with Gasteiger partial charge in [0.25, 0.3) is 0 Å². The number of rotatable bonds is 4. The Morgan fingerprint density at radius 3 is 2.61 bits per heavy atom. The number of fused-ring (bicyclic) bond motifs is 1. The van der Waals surface area contributed by atoms with Crippen molar-refractivity contribution >= 4 is 17.2 Å². The highest BCUT2D eigenvalue weighted by Gasteiger charge is 2.32. The highest BCUT2D eigenvalue weighted by atomic mass is 19.4. The van der Waals surface area contributed by atoms with Crippen molar-refractivity contribution in [1.82, 2.24) is 0 Å². The molecule has 28 heavy (non-hydrogen) atoms. The van der Waals surface area contributed by atoms with E-state index in [2.05, 4.69) is 5.32 Å². The van der Waals surface area contributed by atoms with Crippen LogP contribution in [-0.2, 0) is 17.4 Å². The lowest BCUT2D eigenvalue weighted by molar-refractivity contribution is -0.137. The number of ether oxygens (including phenoxy) is 1. The summed E-state index contributed by atoms with van der Waals surface area (Å²) in [7, 11) is 0. The van der Waals surface area contributed by atoms with E-state index in [0.717, 1.165) is 17.7 Å². The van der Waals surface area contributed by atoms with Crippen LogP contribution in [0.2, 0.25) is 0 Å². The zero-order chi connectivity index (χ0) is 20.1. The van der Waals surface area contributed by atoms with Gasteiger partial charge in [0.2, 0.25) is 5.91 Å². The van der Waals surface area contributed by atoms with Gasteiger partial charge in [0.15, 0.2) is 0 Å². The number of allylic oxidation sites excluding steroid dienone is 1. The maximum Gasteiger partial charge on any atom is 0.416 e. The van der Waals surface area contributed by atoms with Crippen LogP contribution in [0.25, 0.3) is 5.57 Å². The Kier molecular flexibility index (Phi) is 6.04. The summed E-state index contributed by atoms with van der Waals surface area (Å²) in [6.07, 6.45) is -1.38. The number of alkyl halides is 3. The molecule has 0 unspecified atom stereocenters. The molecule has 0 bridgehead atoms. The van der Waals surface area contributed by atoms with E-state index in [9.17, 15) is 18.0 Å². The minimum absolute atomic E-state index is 0.0509. The first-order chi connectivity index (χ1) is 13.4. The van der Waals surface area contributed by atoms with Gasteiger partial charge in [-0.15, -0.1) is 0 Å². The predicted octanol–water partition coefficient (Wildman–Crippen LogP) is 4.43. The molecule has 1 aliphatic rings. The summed E-state index contributed by atoms with van der Waals surface area (Å²) in [5.74, 6) is -0.225. The van der Waals surface area contributed by atoms with Gasteiger partial charge >= 0.3 is 6.18 Å². The number of carbonyl (C=O) groups excluding carboxylic acids is 1.